The van der Waals surface area contributed by atoms with Crippen molar-refractivity contribution in [3.8, 4) is 0 Å². The first-order valence-corrected chi connectivity index (χ1v) is 4.71. The number of amides is 2. The van der Waals surface area contributed by atoms with E-state index in [9.17, 15) is 9.59 Å². The zero-order valence-electron chi connectivity index (χ0n) is 6.56. The van der Waals surface area contributed by atoms with Gasteiger partial charge in [0, 0.05) is 12.8 Å². The van der Waals surface area contributed by atoms with Crippen LogP contribution in [-0.4, -0.2) is 29.3 Å². The van der Waals surface area contributed by atoms with E-state index in [4.69, 9.17) is 17.5 Å². The summed E-state index contributed by atoms with van der Waals surface area (Å²) in [4.78, 5) is 20.7. The quantitative estimate of drug-likeness (QED) is 0.355. The van der Waals surface area contributed by atoms with Gasteiger partial charge in [0.25, 0.3) is 0 Å². The lowest BCUT2D eigenvalue weighted by atomic mass is 10.1. The third kappa shape index (κ3) is 11.0. The molecule has 1 fully saturated rings. The Morgan fingerprint density at radius 3 is 1.54 bits per heavy atom. The normalized spacial score (nSPS) is 17.1. The van der Waals surface area contributed by atoms with Crippen molar-refractivity contribution in [1.29, 1.82) is 0 Å². The van der Waals surface area contributed by atoms with Crippen LogP contribution in [0.5, 0.6) is 0 Å². The first-order chi connectivity index (χ1) is 5.79. The van der Waals surface area contributed by atoms with Crippen molar-refractivity contribution in [3.63, 3.8) is 0 Å². The van der Waals surface area contributed by atoms with Gasteiger partial charge in [-0.1, -0.05) is 0 Å². The van der Waals surface area contributed by atoms with Crippen LogP contribution in [0.2, 0.25) is 0 Å². The molecule has 7 nitrogen and oxygen atoms in total. The van der Waals surface area contributed by atoms with Crippen LogP contribution >= 0.6 is 0 Å². The molecule has 0 aliphatic carbocycles. The predicted octanol–water partition coefficient (Wildman–Crippen LogP) is -0.840. The molecule has 1 saturated heterocycles. The van der Waals surface area contributed by atoms with Crippen LogP contribution in [0.15, 0.2) is 0 Å². The molecule has 1 heterocycles. The lowest BCUT2D eigenvalue weighted by Gasteiger charge is -2.07. The fraction of sp³-hybridized carbons (Fsp3) is 0.600. The molecule has 0 radical (unpaired) electrons. The molecule has 1 rings (SSSR count). The van der Waals surface area contributed by atoms with Crippen molar-refractivity contribution >= 4 is 22.2 Å². The van der Waals surface area contributed by atoms with Gasteiger partial charge >= 0.3 is 10.4 Å². The van der Waals surface area contributed by atoms with Crippen molar-refractivity contribution in [2.24, 2.45) is 0 Å². The number of nitrogens with one attached hydrogen (secondary N) is 1. The number of hydrogen-bond donors (Lipinski definition) is 3. The Kier molecular flexibility index (Phi) is 4.52. The van der Waals surface area contributed by atoms with E-state index in [1.54, 1.807) is 0 Å². The minimum atomic E-state index is -4.67. The van der Waals surface area contributed by atoms with Crippen LogP contribution < -0.4 is 5.32 Å². The molecule has 0 unspecified atom stereocenters. The molecular weight excluding hydrogens is 202 g/mol. The largest absolute Gasteiger partial charge is 0.394 e. The van der Waals surface area contributed by atoms with Gasteiger partial charge in [0.05, 0.1) is 0 Å². The van der Waals surface area contributed by atoms with Gasteiger partial charge in [-0.2, -0.15) is 8.42 Å². The number of carbonyl (C=O) groups excluding carboxylic acids is 2. The smallest absolute Gasteiger partial charge is 0.296 e. The third-order valence-electron chi connectivity index (χ3n) is 1.09. The molecule has 0 aromatic rings. The lowest BCUT2D eigenvalue weighted by molar-refractivity contribution is -0.132. The Labute approximate surface area is 74.7 Å². The second-order valence-electron chi connectivity index (χ2n) is 2.27. The van der Waals surface area contributed by atoms with Crippen molar-refractivity contribution in [3.05, 3.63) is 0 Å². The van der Waals surface area contributed by atoms with Gasteiger partial charge in [0.1, 0.15) is 0 Å². The van der Waals surface area contributed by atoms with Gasteiger partial charge in [0.2, 0.25) is 11.8 Å². The van der Waals surface area contributed by atoms with E-state index in [2.05, 4.69) is 5.32 Å². The van der Waals surface area contributed by atoms with Gasteiger partial charge in [-0.3, -0.25) is 24.0 Å². The SMILES string of the molecule is O=C1CCCC(=O)N1.O=S(=O)(O)O. The molecule has 8 heteroatoms. The summed E-state index contributed by atoms with van der Waals surface area (Å²) in [5.41, 5.74) is 0. The summed E-state index contributed by atoms with van der Waals surface area (Å²) in [6.07, 6.45) is 1.72. The molecule has 13 heavy (non-hydrogen) atoms. The zero-order valence-corrected chi connectivity index (χ0v) is 7.37. The number of imide groups is 1. The molecule has 0 aromatic heterocycles. The van der Waals surface area contributed by atoms with E-state index < -0.39 is 10.4 Å². The Bertz CT molecular complexity index is 272. The van der Waals surface area contributed by atoms with Crippen molar-refractivity contribution in [1.82, 2.24) is 5.32 Å². The van der Waals surface area contributed by atoms with Gasteiger partial charge in [-0.05, 0) is 6.42 Å². The van der Waals surface area contributed by atoms with Crippen LogP contribution in [0.25, 0.3) is 0 Å². The summed E-state index contributed by atoms with van der Waals surface area (Å²) in [5.74, 6) is -0.275. The summed E-state index contributed by atoms with van der Waals surface area (Å²) in [7, 11) is -4.67. The van der Waals surface area contributed by atoms with Gasteiger partial charge < -0.3 is 0 Å². The molecule has 76 valence electrons. The van der Waals surface area contributed by atoms with Crippen LogP contribution in [0.3, 0.4) is 0 Å². The highest BCUT2D eigenvalue weighted by Crippen LogP contribution is 2.00. The minimum Gasteiger partial charge on any atom is -0.296 e. The maximum absolute atomic E-state index is 10.3. The number of carbonyl (C=O) groups is 2. The average molecular weight is 211 g/mol. The molecule has 0 saturated carbocycles. The molecular formula is C5H9NO6S. The second-order valence-corrected chi connectivity index (χ2v) is 3.17. The topological polar surface area (TPSA) is 121 Å². The van der Waals surface area contributed by atoms with Gasteiger partial charge in [-0.15, -0.1) is 0 Å². The maximum Gasteiger partial charge on any atom is 0.394 e. The molecule has 0 bridgehead atoms. The molecule has 1 aliphatic rings. The van der Waals surface area contributed by atoms with Crippen LogP contribution in [-0.2, 0) is 20.0 Å². The lowest BCUT2D eigenvalue weighted by Crippen LogP contribution is -2.33. The highest BCUT2D eigenvalue weighted by Gasteiger charge is 2.12. The molecule has 0 aromatic carbocycles. The van der Waals surface area contributed by atoms with E-state index in [1.165, 1.54) is 0 Å². The van der Waals surface area contributed by atoms with Gasteiger partial charge in [-0.25, -0.2) is 0 Å². The Morgan fingerprint density at radius 2 is 1.38 bits per heavy atom. The number of rotatable bonds is 0. The fourth-order valence-corrected chi connectivity index (χ4v) is 0.690. The van der Waals surface area contributed by atoms with E-state index in [1.807, 2.05) is 0 Å². The Balaban J connectivity index is 0.000000252. The number of piperidine rings is 1. The zero-order chi connectivity index (χ0) is 10.5. The second kappa shape index (κ2) is 4.90. The predicted molar refractivity (Wildman–Crippen MR) is 41.2 cm³/mol. The first kappa shape index (κ1) is 12.0. The number of hydrogen-bond acceptors (Lipinski definition) is 4. The summed E-state index contributed by atoms with van der Waals surface area (Å²) >= 11 is 0. The standard InChI is InChI=1S/C5H7NO2.H2O4S/c7-4-2-1-3-5(8)6-4;1-5(2,3)4/h1-3H2,(H,6,7,8);(H2,1,2,3,4). The minimum absolute atomic E-state index is 0.138. The Hall–Kier alpha value is -0.990. The summed E-state index contributed by atoms with van der Waals surface area (Å²) in [5, 5.41) is 2.20. The monoisotopic (exact) mass is 211 g/mol. The van der Waals surface area contributed by atoms with E-state index >= 15 is 0 Å². The molecule has 2 amide bonds. The highest BCUT2D eigenvalue weighted by molar-refractivity contribution is 7.79. The fourth-order valence-electron chi connectivity index (χ4n) is 0.690. The van der Waals surface area contributed by atoms with Crippen molar-refractivity contribution in [2.45, 2.75) is 19.3 Å². The van der Waals surface area contributed by atoms with E-state index in [-0.39, 0.29) is 11.8 Å². The van der Waals surface area contributed by atoms with Crippen molar-refractivity contribution < 1.29 is 27.1 Å². The summed E-state index contributed by atoms with van der Waals surface area (Å²) < 4.78 is 31.6. The van der Waals surface area contributed by atoms with Gasteiger partial charge in [0.15, 0.2) is 0 Å². The molecule has 0 spiro atoms. The average Bonchev–Trinajstić information content (AvgIpc) is 1.81. The van der Waals surface area contributed by atoms with Crippen LogP contribution in [0, 0.1) is 0 Å². The molecule has 3 N–H and O–H groups in total. The van der Waals surface area contributed by atoms with Crippen LogP contribution in [0.1, 0.15) is 19.3 Å². The highest BCUT2D eigenvalue weighted by atomic mass is 32.3. The molecule has 0 atom stereocenters. The van der Waals surface area contributed by atoms with E-state index in [0.717, 1.165) is 0 Å². The molecule has 1 aliphatic heterocycles. The summed E-state index contributed by atoms with van der Waals surface area (Å²) in [6.45, 7) is 0. The van der Waals surface area contributed by atoms with E-state index in [0.29, 0.717) is 19.3 Å². The maximum atomic E-state index is 10.3. The Morgan fingerprint density at radius 1 is 1.08 bits per heavy atom. The van der Waals surface area contributed by atoms with Crippen molar-refractivity contribution in [2.75, 3.05) is 0 Å². The third-order valence-corrected chi connectivity index (χ3v) is 1.09. The first-order valence-electron chi connectivity index (χ1n) is 3.31. The summed E-state index contributed by atoms with van der Waals surface area (Å²) in [6, 6.07) is 0. The van der Waals surface area contributed by atoms with Crippen LogP contribution in [0.4, 0.5) is 0 Å².